The molecule has 0 aliphatic heterocycles. The number of amides is 1. The van der Waals surface area contributed by atoms with Crippen LogP contribution in [0.1, 0.15) is 36.1 Å². The largest absolute Gasteiger partial charge is 0.497 e. The SMILES string of the molecule is CCN(CC)c1ccc(NC(=O)/C=C/c2c(C)cc(OC)cc2C)c(C)c1. The van der Waals surface area contributed by atoms with Crippen molar-refractivity contribution in [2.24, 2.45) is 0 Å². The molecule has 1 N–H and O–H groups in total. The maximum Gasteiger partial charge on any atom is 0.248 e. The summed E-state index contributed by atoms with van der Waals surface area (Å²) in [6.07, 6.45) is 3.44. The number of anilines is 2. The predicted octanol–water partition coefficient (Wildman–Crippen LogP) is 5.12. The molecule has 2 aromatic rings. The Hall–Kier alpha value is -2.75. The Labute approximate surface area is 162 Å². The Morgan fingerprint density at radius 1 is 1.04 bits per heavy atom. The van der Waals surface area contributed by atoms with E-state index in [2.05, 4.69) is 36.2 Å². The molecule has 0 fully saturated rings. The number of hydrogen-bond acceptors (Lipinski definition) is 3. The van der Waals surface area contributed by atoms with Crippen LogP contribution in [-0.4, -0.2) is 26.1 Å². The van der Waals surface area contributed by atoms with Gasteiger partial charge in [-0.15, -0.1) is 0 Å². The minimum atomic E-state index is -0.136. The molecule has 0 bridgehead atoms. The van der Waals surface area contributed by atoms with Crippen LogP contribution >= 0.6 is 0 Å². The molecular weight excluding hydrogens is 336 g/mol. The second kappa shape index (κ2) is 9.26. The van der Waals surface area contributed by atoms with Crippen LogP contribution in [0.5, 0.6) is 5.75 Å². The number of benzene rings is 2. The van der Waals surface area contributed by atoms with Gasteiger partial charge in [-0.3, -0.25) is 4.79 Å². The molecule has 27 heavy (non-hydrogen) atoms. The van der Waals surface area contributed by atoms with Gasteiger partial charge >= 0.3 is 0 Å². The highest BCUT2D eigenvalue weighted by atomic mass is 16.5. The summed E-state index contributed by atoms with van der Waals surface area (Å²) in [5, 5.41) is 2.98. The third-order valence-corrected chi connectivity index (χ3v) is 4.80. The van der Waals surface area contributed by atoms with E-state index in [1.54, 1.807) is 13.2 Å². The predicted molar refractivity (Wildman–Crippen MR) is 115 cm³/mol. The topological polar surface area (TPSA) is 41.6 Å². The number of nitrogens with zero attached hydrogens (tertiary/aromatic N) is 1. The number of carbonyl (C=O) groups is 1. The summed E-state index contributed by atoms with van der Waals surface area (Å²) in [6, 6.07) is 10.1. The molecule has 0 saturated carbocycles. The van der Waals surface area contributed by atoms with Crippen molar-refractivity contribution in [3.63, 3.8) is 0 Å². The summed E-state index contributed by atoms with van der Waals surface area (Å²) < 4.78 is 5.28. The quantitative estimate of drug-likeness (QED) is 0.692. The average Bonchev–Trinajstić information content (AvgIpc) is 2.64. The first kappa shape index (κ1) is 20.6. The monoisotopic (exact) mass is 366 g/mol. The lowest BCUT2D eigenvalue weighted by molar-refractivity contribution is -0.111. The van der Waals surface area contributed by atoms with E-state index in [4.69, 9.17) is 4.74 Å². The van der Waals surface area contributed by atoms with Crippen LogP contribution in [0.3, 0.4) is 0 Å². The van der Waals surface area contributed by atoms with Gasteiger partial charge in [-0.25, -0.2) is 0 Å². The van der Waals surface area contributed by atoms with E-state index in [1.165, 1.54) is 5.69 Å². The van der Waals surface area contributed by atoms with E-state index >= 15 is 0 Å². The zero-order valence-corrected chi connectivity index (χ0v) is 17.2. The lowest BCUT2D eigenvalue weighted by Crippen LogP contribution is -2.22. The Balaban J connectivity index is 2.13. The second-order valence-electron chi connectivity index (χ2n) is 6.67. The molecular formula is C23H30N2O2. The van der Waals surface area contributed by atoms with Crippen molar-refractivity contribution in [1.29, 1.82) is 0 Å². The number of hydrogen-bond donors (Lipinski definition) is 1. The average molecular weight is 367 g/mol. The summed E-state index contributed by atoms with van der Waals surface area (Å²) in [5.41, 5.74) is 6.27. The van der Waals surface area contributed by atoms with Crippen LogP contribution in [0.2, 0.25) is 0 Å². The van der Waals surface area contributed by atoms with Crippen molar-refractivity contribution < 1.29 is 9.53 Å². The first-order valence-electron chi connectivity index (χ1n) is 9.39. The van der Waals surface area contributed by atoms with Crippen LogP contribution in [0.4, 0.5) is 11.4 Å². The molecule has 144 valence electrons. The van der Waals surface area contributed by atoms with Gasteiger partial charge in [-0.05, 0) is 93.3 Å². The minimum Gasteiger partial charge on any atom is -0.497 e. The highest BCUT2D eigenvalue weighted by Crippen LogP contribution is 2.24. The fourth-order valence-electron chi connectivity index (χ4n) is 3.22. The highest BCUT2D eigenvalue weighted by molar-refractivity contribution is 6.02. The standard InChI is InChI=1S/C23H30N2O2/c1-7-25(8-2)19-9-11-22(18(5)13-19)24-23(26)12-10-21-16(3)14-20(27-6)15-17(21)4/h9-15H,7-8H2,1-6H3,(H,24,26)/b12-10+. The molecule has 4 nitrogen and oxygen atoms in total. The van der Waals surface area contributed by atoms with Gasteiger partial charge in [0.05, 0.1) is 7.11 Å². The summed E-state index contributed by atoms with van der Waals surface area (Å²) in [6.45, 7) is 12.3. The van der Waals surface area contributed by atoms with Gasteiger partial charge in [0.2, 0.25) is 5.91 Å². The smallest absolute Gasteiger partial charge is 0.248 e. The van der Waals surface area contributed by atoms with Gasteiger partial charge in [-0.1, -0.05) is 0 Å². The summed E-state index contributed by atoms with van der Waals surface area (Å²) in [7, 11) is 1.66. The number of aryl methyl sites for hydroxylation is 3. The number of nitrogens with one attached hydrogen (secondary N) is 1. The molecule has 1 amide bonds. The van der Waals surface area contributed by atoms with Crippen molar-refractivity contribution in [2.75, 3.05) is 30.4 Å². The van der Waals surface area contributed by atoms with Gasteiger partial charge < -0.3 is 15.0 Å². The fraction of sp³-hybridized carbons (Fsp3) is 0.348. The van der Waals surface area contributed by atoms with Crippen LogP contribution in [0.25, 0.3) is 6.08 Å². The first-order valence-corrected chi connectivity index (χ1v) is 9.39. The Bertz CT molecular complexity index is 813. The molecule has 0 spiro atoms. The van der Waals surface area contributed by atoms with E-state index < -0.39 is 0 Å². The molecule has 2 aromatic carbocycles. The highest BCUT2D eigenvalue weighted by Gasteiger charge is 2.07. The molecule has 0 aliphatic rings. The van der Waals surface area contributed by atoms with Crippen LogP contribution in [-0.2, 0) is 4.79 Å². The first-order chi connectivity index (χ1) is 12.9. The maximum absolute atomic E-state index is 12.4. The molecule has 0 aliphatic carbocycles. The van der Waals surface area contributed by atoms with Crippen molar-refractivity contribution in [3.05, 3.63) is 58.7 Å². The van der Waals surface area contributed by atoms with Crippen molar-refractivity contribution >= 4 is 23.4 Å². The summed E-state index contributed by atoms with van der Waals surface area (Å²) in [5.74, 6) is 0.693. The van der Waals surface area contributed by atoms with Crippen molar-refractivity contribution in [3.8, 4) is 5.75 Å². The number of carbonyl (C=O) groups excluding carboxylic acids is 1. The van der Waals surface area contributed by atoms with E-state index in [-0.39, 0.29) is 5.91 Å². The molecule has 0 saturated heterocycles. The molecule has 0 aromatic heterocycles. The Morgan fingerprint density at radius 3 is 2.19 bits per heavy atom. The number of methoxy groups -OCH3 is 1. The van der Waals surface area contributed by atoms with E-state index in [9.17, 15) is 4.79 Å². The Kier molecular flexibility index (Phi) is 7.05. The van der Waals surface area contributed by atoms with Crippen LogP contribution < -0.4 is 15.0 Å². The minimum absolute atomic E-state index is 0.136. The van der Waals surface area contributed by atoms with E-state index in [1.807, 2.05) is 45.0 Å². The summed E-state index contributed by atoms with van der Waals surface area (Å²) in [4.78, 5) is 14.7. The lowest BCUT2D eigenvalue weighted by Gasteiger charge is -2.22. The number of rotatable bonds is 7. The van der Waals surface area contributed by atoms with Gasteiger partial charge in [0.25, 0.3) is 0 Å². The lowest BCUT2D eigenvalue weighted by atomic mass is 10.0. The maximum atomic E-state index is 12.4. The molecule has 4 heteroatoms. The zero-order valence-electron chi connectivity index (χ0n) is 17.2. The van der Waals surface area contributed by atoms with Crippen molar-refractivity contribution in [2.45, 2.75) is 34.6 Å². The van der Waals surface area contributed by atoms with Crippen LogP contribution in [0, 0.1) is 20.8 Å². The van der Waals surface area contributed by atoms with Gasteiger partial charge in [-0.2, -0.15) is 0 Å². The second-order valence-corrected chi connectivity index (χ2v) is 6.67. The molecule has 0 heterocycles. The summed E-state index contributed by atoms with van der Waals surface area (Å²) >= 11 is 0. The number of ether oxygens (including phenoxy) is 1. The van der Waals surface area contributed by atoms with E-state index in [0.29, 0.717) is 0 Å². The molecule has 0 unspecified atom stereocenters. The fourth-order valence-corrected chi connectivity index (χ4v) is 3.22. The van der Waals surface area contributed by atoms with Gasteiger partial charge in [0.1, 0.15) is 5.75 Å². The van der Waals surface area contributed by atoms with Crippen LogP contribution in [0.15, 0.2) is 36.4 Å². The third-order valence-electron chi connectivity index (χ3n) is 4.80. The molecule has 0 radical (unpaired) electrons. The zero-order chi connectivity index (χ0) is 20.0. The van der Waals surface area contributed by atoms with Crippen molar-refractivity contribution in [1.82, 2.24) is 0 Å². The molecule has 0 atom stereocenters. The van der Waals surface area contributed by atoms with Gasteiger partial charge in [0, 0.05) is 30.5 Å². The molecule has 2 rings (SSSR count). The van der Waals surface area contributed by atoms with E-state index in [0.717, 1.165) is 46.8 Å². The van der Waals surface area contributed by atoms with Gasteiger partial charge in [0.15, 0.2) is 0 Å². The normalized spacial score (nSPS) is 10.9. The third kappa shape index (κ3) is 5.13. The Morgan fingerprint density at radius 2 is 1.67 bits per heavy atom.